The molecule has 0 heterocycles. The van der Waals surface area contributed by atoms with Crippen LogP contribution in [0.4, 0.5) is 0 Å². The number of nitrogens with zero attached hydrogens (tertiary/aromatic N) is 1. The van der Waals surface area contributed by atoms with Crippen molar-refractivity contribution in [1.29, 1.82) is 0 Å². The summed E-state index contributed by atoms with van der Waals surface area (Å²) in [6.45, 7) is 6.36. The van der Waals surface area contributed by atoms with E-state index in [0.29, 0.717) is 0 Å². The molecule has 0 aromatic heterocycles. The monoisotopic (exact) mass is 282 g/mol. The molecule has 21 heavy (non-hydrogen) atoms. The fourth-order valence-electron chi connectivity index (χ4n) is 2.58. The zero-order valence-corrected chi connectivity index (χ0v) is 13.2. The molecule has 0 unspecified atom stereocenters. The summed E-state index contributed by atoms with van der Waals surface area (Å²) >= 11 is 0. The maximum Gasteiger partial charge on any atom is 0.0239 e. The standard InChI is InChI=1S/C19H26N2/c1-3-21(15-17-9-5-4-6-10-17)16-19-12-8-7-11-18(19)13-14-20-2/h4-12,20H,3,13-16H2,1-2H3. The molecule has 0 saturated carbocycles. The normalized spacial score (nSPS) is 11.0. The number of benzene rings is 2. The lowest BCUT2D eigenvalue weighted by Gasteiger charge is -2.22. The van der Waals surface area contributed by atoms with E-state index in [1.165, 1.54) is 16.7 Å². The Morgan fingerprint density at radius 2 is 1.52 bits per heavy atom. The van der Waals surface area contributed by atoms with Crippen molar-refractivity contribution in [2.24, 2.45) is 0 Å². The van der Waals surface area contributed by atoms with Crippen molar-refractivity contribution < 1.29 is 0 Å². The number of rotatable bonds is 8. The lowest BCUT2D eigenvalue weighted by atomic mass is 10.0. The molecular formula is C19H26N2. The van der Waals surface area contributed by atoms with Crippen molar-refractivity contribution in [3.8, 4) is 0 Å². The third-order valence-corrected chi connectivity index (χ3v) is 3.85. The molecule has 2 nitrogen and oxygen atoms in total. The van der Waals surface area contributed by atoms with Crippen LogP contribution in [0.1, 0.15) is 23.6 Å². The van der Waals surface area contributed by atoms with Gasteiger partial charge in [0.1, 0.15) is 0 Å². The molecule has 1 N–H and O–H groups in total. The average molecular weight is 282 g/mol. The van der Waals surface area contributed by atoms with E-state index < -0.39 is 0 Å². The van der Waals surface area contributed by atoms with Crippen molar-refractivity contribution in [3.63, 3.8) is 0 Å². The van der Waals surface area contributed by atoms with Gasteiger partial charge in [0.25, 0.3) is 0 Å². The van der Waals surface area contributed by atoms with Crippen molar-refractivity contribution in [2.45, 2.75) is 26.4 Å². The van der Waals surface area contributed by atoms with Gasteiger partial charge in [-0.05, 0) is 43.2 Å². The van der Waals surface area contributed by atoms with Crippen LogP contribution >= 0.6 is 0 Å². The minimum Gasteiger partial charge on any atom is -0.319 e. The Balaban J connectivity index is 2.04. The minimum absolute atomic E-state index is 1.01. The van der Waals surface area contributed by atoms with E-state index in [9.17, 15) is 0 Å². The molecule has 2 heteroatoms. The van der Waals surface area contributed by atoms with Crippen LogP contribution in [0.25, 0.3) is 0 Å². The molecule has 0 fully saturated rings. The molecule has 0 bridgehead atoms. The number of nitrogens with one attached hydrogen (secondary N) is 1. The van der Waals surface area contributed by atoms with Crippen LogP contribution in [0.5, 0.6) is 0 Å². The number of likely N-dealkylation sites (N-methyl/N-ethyl adjacent to an activating group) is 1. The second kappa shape index (κ2) is 8.60. The van der Waals surface area contributed by atoms with Crippen LogP contribution < -0.4 is 5.32 Å². The van der Waals surface area contributed by atoms with E-state index in [-0.39, 0.29) is 0 Å². The molecule has 0 amide bonds. The molecule has 0 aliphatic heterocycles. The first kappa shape index (κ1) is 15.7. The van der Waals surface area contributed by atoms with Crippen LogP contribution in [0.15, 0.2) is 54.6 Å². The van der Waals surface area contributed by atoms with Gasteiger partial charge in [0.15, 0.2) is 0 Å². The fourth-order valence-corrected chi connectivity index (χ4v) is 2.58. The Morgan fingerprint density at radius 3 is 2.19 bits per heavy atom. The van der Waals surface area contributed by atoms with Gasteiger partial charge in [-0.25, -0.2) is 0 Å². The van der Waals surface area contributed by atoms with E-state index in [0.717, 1.165) is 32.6 Å². The predicted molar refractivity (Wildman–Crippen MR) is 90.3 cm³/mol. The summed E-state index contributed by atoms with van der Waals surface area (Å²) in [5.74, 6) is 0. The molecule has 0 radical (unpaired) electrons. The van der Waals surface area contributed by atoms with Gasteiger partial charge >= 0.3 is 0 Å². The zero-order valence-electron chi connectivity index (χ0n) is 13.2. The highest BCUT2D eigenvalue weighted by Crippen LogP contribution is 2.14. The van der Waals surface area contributed by atoms with Crippen LogP contribution in [0.2, 0.25) is 0 Å². The van der Waals surface area contributed by atoms with E-state index in [1.807, 2.05) is 7.05 Å². The molecule has 0 atom stereocenters. The van der Waals surface area contributed by atoms with Crippen LogP contribution in [0.3, 0.4) is 0 Å². The van der Waals surface area contributed by atoms with E-state index in [4.69, 9.17) is 0 Å². The van der Waals surface area contributed by atoms with Gasteiger partial charge in [0.2, 0.25) is 0 Å². The van der Waals surface area contributed by atoms with Gasteiger partial charge in [0, 0.05) is 13.1 Å². The van der Waals surface area contributed by atoms with Gasteiger partial charge in [-0.15, -0.1) is 0 Å². The summed E-state index contributed by atoms with van der Waals surface area (Å²) in [6.07, 6.45) is 1.09. The second-order valence-corrected chi connectivity index (χ2v) is 5.41. The third kappa shape index (κ3) is 5.00. The van der Waals surface area contributed by atoms with Gasteiger partial charge in [-0.1, -0.05) is 61.5 Å². The van der Waals surface area contributed by atoms with E-state index >= 15 is 0 Å². The molecule has 112 valence electrons. The molecule has 0 aliphatic rings. The molecule has 2 rings (SSSR count). The van der Waals surface area contributed by atoms with Crippen LogP contribution in [0, 0.1) is 0 Å². The summed E-state index contributed by atoms with van der Waals surface area (Å²) in [5.41, 5.74) is 4.29. The average Bonchev–Trinajstić information content (AvgIpc) is 2.54. The Morgan fingerprint density at radius 1 is 0.857 bits per heavy atom. The highest BCUT2D eigenvalue weighted by molar-refractivity contribution is 5.27. The topological polar surface area (TPSA) is 15.3 Å². The lowest BCUT2D eigenvalue weighted by Crippen LogP contribution is -2.23. The van der Waals surface area contributed by atoms with Crippen LogP contribution in [-0.2, 0) is 19.5 Å². The Hall–Kier alpha value is -1.64. The summed E-state index contributed by atoms with van der Waals surface area (Å²) in [5, 5.41) is 3.24. The zero-order chi connectivity index (χ0) is 14.9. The van der Waals surface area contributed by atoms with Crippen molar-refractivity contribution in [3.05, 3.63) is 71.3 Å². The SMILES string of the molecule is CCN(Cc1ccccc1)Cc1ccccc1CCNC. The first-order valence-electron chi connectivity index (χ1n) is 7.81. The van der Waals surface area contributed by atoms with Crippen LogP contribution in [-0.4, -0.2) is 25.0 Å². The predicted octanol–water partition coefficient (Wildman–Crippen LogP) is 3.47. The quantitative estimate of drug-likeness (QED) is 0.797. The molecule has 2 aromatic carbocycles. The highest BCUT2D eigenvalue weighted by Gasteiger charge is 2.08. The summed E-state index contributed by atoms with van der Waals surface area (Å²) in [6, 6.07) is 19.5. The first-order valence-corrected chi connectivity index (χ1v) is 7.81. The summed E-state index contributed by atoms with van der Waals surface area (Å²) in [7, 11) is 2.01. The molecule has 0 saturated heterocycles. The first-order chi connectivity index (χ1) is 10.3. The Kier molecular flexibility index (Phi) is 6.45. The third-order valence-electron chi connectivity index (χ3n) is 3.85. The van der Waals surface area contributed by atoms with Crippen molar-refractivity contribution >= 4 is 0 Å². The largest absolute Gasteiger partial charge is 0.319 e. The number of hydrogen-bond acceptors (Lipinski definition) is 2. The molecule has 0 spiro atoms. The van der Waals surface area contributed by atoms with Crippen molar-refractivity contribution in [1.82, 2.24) is 10.2 Å². The van der Waals surface area contributed by atoms with Crippen molar-refractivity contribution in [2.75, 3.05) is 20.1 Å². The summed E-state index contributed by atoms with van der Waals surface area (Å²) < 4.78 is 0. The molecule has 0 aliphatic carbocycles. The Bertz CT molecular complexity index is 522. The highest BCUT2D eigenvalue weighted by atomic mass is 15.1. The summed E-state index contributed by atoms with van der Waals surface area (Å²) in [4.78, 5) is 2.49. The van der Waals surface area contributed by atoms with E-state index in [2.05, 4.69) is 71.7 Å². The maximum absolute atomic E-state index is 3.24. The smallest absolute Gasteiger partial charge is 0.0239 e. The fraction of sp³-hybridized carbons (Fsp3) is 0.368. The maximum atomic E-state index is 3.24. The van der Waals surface area contributed by atoms with Gasteiger partial charge in [-0.3, -0.25) is 4.90 Å². The van der Waals surface area contributed by atoms with E-state index in [1.54, 1.807) is 0 Å². The van der Waals surface area contributed by atoms with Gasteiger partial charge < -0.3 is 5.32 Å². The second-order valence-electron chi connectivity index (χ2n) is 5.41. The van der Waals surface area contributed by atoms with Gasteiger partial charge in [0.05, 0.1) is 0 Å². The Labute approximate surface area is 128 Å². The number of hydrogen-bond donors (Lipinski definition) is 1. The molecular weight excluding hydrogens is 256 g/mol. The lowest BCUT2D eigenvalue weighted by molar-refractivity contribution is 0.270. The van der Waals surface area contributed by atoms with Gasteiger partial charge in [-0.2, -0.15) is 0 Å². The minimum atomic E-state index is 1.01. The molecule has 2 aromatic rings.